The second-order valence-corrected chi connectivity index (χ2v) is 8.33. The topological polar surface area (TPSA) is 45.0 Å². The molecule has 0 spiro atoms. The highest BCUT2D eigenvalue weighted by molar-refractivity contribution is 6.43. The van der Waals surface area contributed by atoms with Crippen molar-refractivity contribution in [3.8, 4) is 11.1 Å². The molecular weight excluding hydrogens is 417 g/mol. The fraction of sp³-hybridized carbons (Fsp3) is 0.185. The van der Waals surface area contributed by atoms with Gasteiger partial charge in [-0.15, -0.1) is 0 Å². The van der Waals surface area contributed by atoms with Crippen LogP contribution in [0, 0.1) is 12.7 Å². The van der Waals surface area contributed by atoms with Crippen molar-refractivity contribution in [2.75, 3.05) is 31.1 Å². The number of hydrogen-bond acceptors (Lipinski definition) is 3. The third-order valence-electron chi connectivity index (χ3n) is 6.21. The minimum Gasteiger partial charge on any atom is -0.366 e. The van der Waals surface area contributed by atoms with Gasteiger partial charge in [-0.05, 0) is 42.8 Å². The van der Waals surface area contributed by atoms with Crippen molar-refractivity contribution in [3.05, 3.63) is 96.1 Å². The number of carbonyl (C=O) groups is 2. The van der Waals surface area contributed by atoms with Crippen LogP contribution in [0.2, 0.25) is 0 Å². The fourth-order valence-electron chi connectivity index (χ4n) is 4.41. The Morgan fingerprint density at radius 2 is 1.55 bits per heavy atom. The predicted octanol–water partition coefficient (Wildman–Crippen LogP) is 4.59. The van der Waals surface area contributed by atoms with E-state index in [0.29, 0.717) is 37.6 Å². The molecule has 0 aliphatic carbocycles. The Kier molecular flexibility index (Phi) is 5.42. The molecule has 1 fully saturated rings. The molecule has 5 nitrogen and oxygen atoms in total. The van der Waals surface area contributed by atoms with Crippen molar-refractivity contribution in [2.45, 2.75) is 6.92 Å². The lowest BCUT2D eigenvalue weighted by atomic mass is 10.0. The molecule has 3 heterocycles. The van der Waals surface area contributed by atoms with E-state index in [4.69, 9.17) is 0 Å². The zero-order valence-corrected chi connectivity index (χ0v) is 18.4. The van der Waals surface area contributed by atoms with E-state index in [1.165, 1.54) is 6.07 Å². The van der Waals surface area contributed by atoms with E-state index >= 15 is 0 Å². The summed E-state index contributed by atoms with van der Waals surface area (Å²) in [5, 5.41) is 0. The first kappa shape index (κ1) is 20.9. The number of hydrogen-bond donors (Lipinski definition) is 0. The highest BCUT2D eigenvalue weighted by atomic mass is 19.1. The number of amides is 1. The van der Waals surface area contributed by atoms with Crippen LogP contribution in [0.5, 0.6) is 0 Å². The van der Waals surface area contributed by atoms with Crippen LogP contribution in [-0.2, 0) is 4.79 Å². The van der Waals surface area contributed by atoms with Gasteiger partial charge < -0.3 is 14.2 Å². The summed E-state index contributed by atoms with van der Waals surface area (Å²) in [6.07, 6.45) is 1.81. The Bertz CT molecular complexity index is 1340. The summed E-state index contributed by atoms with van der Waals surface area (Å²) >= 11 is 0. The average molecular weight is 442 g/mol. The maximum absolute atomic E-state index is 14.1. The quantitative estimate of drug-likeness (QED) is 0.344. The molecule has 0 atom stereocenters. The number of nitrogens with zero attached hydrogens (tertiary/aromatic N) is 3. The smallest absolute Gasteiger partial charge is 0.296 e. The Labute approximate surface area is 191 Å². The summed E-state index contributed by atoms with van der Waals surface area (Å²) in [4.78, 5) is 30.2. The van der Waals surface area contributed by atoms with Crippen LogP contribution >= 0.6 is 0 Å². The molecule has 2 aromatic carbocycles. The van der Waals surface area contributed by atoms with Gasteiger partial charge in [-0.25, -0.2) is 4.39 Å². The summed E-state index contributed by atoms with van der Waals surface area (Å²) in [6.45, 7) is 3.68. The lowest BCUT2D eigenvalue weighted by molar-refractivity contribution is -0.126. The Morgan fingerprint density at radius 1 is 0.848 bits per heavy atom. The van der Waals surface area contributed by atoms with Crippen molar-refractivity contribution in [2.24, 2.45) is 0 Å². The van der Waals surface area contributed by atoms with E-state index in [9.17, 15) is 14.0 Å². The zero-order chi connectivity index (χ0) is 22.9. The van der Waals surface area contributed by atoms with Crippen molar-refractivity contribution < 1.29 is 14.0 Å². The number of ketones is 1. The van der Waals surface area contributed by atoms with E-state index < -0.39 is 11.7 Å². The second-order valence-electron chi connectivity index (χ2n) is 8.33. The first-order valence-corrected chi connectivity index (χ1v) is 11.0. The highest BCUT2D eigenvalue weighted by Crippen LogP contribution is 2.29. The number of aryl methyl sites for hydroxylation is 1. The molecule has 0 N–H and O–H groups in total. The first-order valence-electron chi connectivity index (χ1n) is 11.0. The number of benzene rings is 2. The van der Waals surface area contributed by atoms with Crippen molar-refractivity contribution in [1.29, 1.82) is 0 Å². The number of piperazine rings is 1. The van der Waals surface area contributed by atoms with E-state index in [-0.39, 0.29) is 5.82 Å². The summed E-state index contributed by atoms with van der Waals surface area (Å²) in [7, 11) is 0. The van der Waals surface area contributed by atoms with Gasteiger partial charge in [0.25, 0.3) is 11.7 Å². The average Bonchev–Trinajstić information content (AvgIpc) is 3.23. The number of anilines is 1. The molecular formula is C27H24FN3O2. The normalized spacial score (nSPS) is 14.0. The molecule has 0 bridgehead atoms. The molecule has 5 rings (SSSR count). The maximum atomic E-state index is 14.1. The van der Waals surface area contributed by atoms with Gasteiger partial charge >= 0.3 is 0 Å². The van der Waals surface area contributed by atoms with Crippen molar-refractivity contribution in [1.82, 2.24) is 9.30 Å². The monoisotopic (exact) mass is 441 g/mol. The molecule has 4 aromatic rings. The minimum atomic E-state index is -0.531. The highest BCUT2D eigenvalue weighted by Gasteiger charge is 2.31. The van der Waals surface area contributed by atoms with Crippen LogP contribution in [0.15, 0.2) is 79.0 Å². The Balaban J connectivity index is 1.42. The number of pyridine rings is 1. The van der Waals surface area contributed by atoms with Gasteiger partial charge in [-0.3, -0.25) is 9.59 Å². The summed E-state index contributed by atoms with van der Waals surface area (Å²) in [6, 6.07) is 22.2. The third-order valence-corrected chi connectivity index (χ3v) is 6.21. The summed E-state index contributed by atoms with van der Waals surface area (Å²) < 4.78 is 15.9. The second kappa shape index (κ2) is 8.54. The third kappa shape index (κ3) is 3.89. The number of fused-ring (bicyclic) bond motifs is 1. The summed E-state index contributed by atoms with van der Waals surface area (Å²) in [5.74, 6) is -1.34. The molecule has 0 radical (unpaired) electrons. The standard InChI is InChI=1S/C27H24FN3O2/c1-19-9-11-20(12-10-19)22-18-21-6-4-5-13-31(21)25(22)26(32)27(33)30-16-14-29(15-17-30)24-8-3-2-7-23(24)28/h2-13,18H,14-17H2,1H3. The SMILES string of the molecule is Cc1ccc(-c2cc3ccccn3c2C(=O)C(=O)N2CCN(c3ccccc3F)CC2)cc1. The van der Waals surface area contributed by atoms with Crippen LogP contribution in [0.3, 0.4) is 0 Å². The minimum absolute atomic E-state index is 0.282. The van der Waals surface area contributed by atoms with E-state index in [2.05, 4.69) is 0 Å². The van der Waals surface area contributed by atoms with E-state index in [0.717, 1.165) is 22.2 Å². The van der Waals surface area contributed by atoms with Crippen LogP contribution in [0.25, 0.3) is 16.6 Å². The van der Waals surface area contributed by atoms with Gasteiger partial charge in [-0.1, -0.05) is 48.0 Å². The maximum Gasteiger partial charge on any atom is 0.296 e. The molecule has 33 heavy (non-hydrogen) atoms. The number of halogens is 1. The van der Waals surface area contributed by atoms with Crippen molar-refractivity contribution in [3.63, 3.8) is 0 Å². The zero-order valence-electron chi connectivity index (χ0n) is 18.4. The van der Waals surface area contributed by atoms with Gasteiger partial charge in [0, 0.05) is 43.5 Å². The molecule has 1 saturated heterocycles. The molecule has 0 unspecified atom stereocenters. The molecule has 6 heteroatoms. The summed E-state index contributed by atoms with van der Waals surface area (Å²) in [5.41, 5.74) is 4.51. The molecule has 1 aliphatic heterocycles. The van der Waals surface area contributed by atoms with Gasteiger partial charge in [0.05, 0.1) is 5.69 Å². The van der Waals surface area contributed by atoms with Gasteiger partial charge in [0.15, 0.2) is 0 Å². The van der Waals surface area contributed by atoms with E-state index in [1.807, 2.05) is 66.6 Å². The Morgan fingerprint density at radius 3 is 2.27 bits per heavy atom. The first-order chi connectivity index (χ1) is 16.0. The van der Waals surface area contributed by atoms with Crippen molar-refractivity contribution >= 4 is 22.9 Å². The lowest BCUT2D eigenvalue weighted by Gasteiger charge is -2.35. The number of aromatic nitrogens is 1. The molecule has 1 amide bonds. The number of carbonyl (C=O) groups excluding carboxylic acids is 2. The lowest BCUT2D eigenvalue weighted by Crippen LogP contribution is -2.51. The van der Waals surface area contributed by atoms with E-state index in [1.54, 1.807) is 27.5 Å². The van der Waals surface area contributed by atoms with Gasteiger partial charge in [-0.2, -0.15) is 0 Å². The number of rotatable bonds is 4. The largest absolute Gasteiger partial charge is 0.366 e. The van der Waals surface area contributed by atoms with Crippen LogP contribution < -0.4 is 4.90 Å². The van der Waals surface area contributed by atoms with Crippen LogP contribution in [0.4, 0.5) is 10.1 Å². The number of para-hydroxylation sites is 1. The molecule has 166 valence electrons. The number of Topliss-reactive ketones (excluding diaryl/α,β-unsaturated/α-hetero) is 1. The van der Waals surface area contributed by atoms with Crippen LogP contribution in [-0.4, -0.2) is 47.2 Å². The van der Waals surface area contributed by atoms with Gasteiger partial charge in [0.1, 0.15) is 11.5 Å². The predicted molar refractivity (Wildman–Crippen MR) is 127 cm³/mol. The van der Waals surface area contributed by atoms with Gasteiger partial charge in [0.2, 0.25) is 0 Å². The molecule has 0 saturated carbocycles. The Hall–Kier alpha value is -3.93. The van der Waals surface area contributed by atoms with Crippen LogP contribution in [0.1, 0.15) is 16.1 Å². The fourth-order valence-corrected chi connectivity index (χ4v) is 4.41. The molecule has 2 aromatic heterocycles. The molecule has 1 aliphatic rings.